The molecule has 6 heteroatoms. The fourth-order valence-corrected chi connectivity index (χ4v) is 2.37. The summed E-state index contributed by atoms with van der Waals surface area (Å²) in [6.07, 6.45) is 0. The number of benzene rings is 2. The predicted octanol–water partition coefficient (Wildman–Crippen LogP) is 2.44. The lowest BCUT2D eigenvalue weighted by Gasteiger charge is -2.17. The molecule has 1 unspecified atom stereocenters. The van der Waals surface area contributed by atoms with Gasteiger partial charge in [-0.05, 0) is 37.6 Å². The van der Waals surface area contributed by atoms with Crippen molar-refractivity contribution in [3.8, 4) is 11.5 Å². The second-order valence-electron chi connectivity index (χ2n) is 5.25. The van der Waals surface area contributed by atoms with Gasteiger partial charge in [-0.1, -0.05) is 30.3 Å². The number of amides is 2. The van der Waals surface area contributed by atoms with E-state index in [1.807, 2.05) is 19.9 Å². The lowest BCUT2D eigenvalue weighted by atomic mass is 10.1. The minimum absolute atomic E-state index is 0.356. The van der Waals surface area contributed by atoms with E-state index in [9.17, 15) is 9.59 Å². The van der Waals surface area contributed by atoms with Crippen LogP contribution in [-0.2, 0) is 4.79 Å². The summed E-state index contributed by atoms with van der Waals surface area (Å²) in [6, 6.07) is 12.8. The monoisotopic (exact) mass is 342 g/mol. The van der Waals surface area contributed by atoms with Crippen LogP contribution in [0.1, 0.15) is 35.8 Å². The van der Waals surface area contributed by atoms with E-state index in [1.54, 1.807) is 42.5 Å². The standard InChI is InChI=1S/C19H22N2O4/c1-3-24-15-11-10-14(12-16(15)25-4-2)19(23)21-17(18(20)22)13-8-6-5-7-9-13/h5-12,17H,3-4H2,1-2H3,(H2,20,22)(H,21,23). The summed E-state index contributed by atoms with van der Waals surface area (Å²) in [5.41, 5.74) is 6.42. The highest BCUT2D eigenvalue weighted by atomic mass is 16.5. The molecule has 0 saturated carbocycles. The smallest absolute Gasteiger partial charge is 0.252 e. The van der Waals surface area contributed by atoms with Gasteiger partial charge in [0.05, 0.1) is 13.2 Å². The maximum Gasteiger partial charge on any atom is 0.252 e. The maximum atomic E-state index is 12.5. The SMILES string of the molecule is CCOc1ccc(C(=O)NC(C(N)=O)c2ccccc2)cc1OCC. The van der Waals surface area contributed by atoms with Crippen LogP contribution in [0.15, 0.2) is 48.5 Å². The molecule has 2 aromatic carbocycles. The molecule has 0 radical (unpaired) electrons. The van der Waals surface area contributed by atoms with Gasteiger partial charge in [0.15, 0.2) is 11.5 Å². The minimum atomic E-state index is -0.907. The molecular formula is C19H22N2O4. The third-order valence-electron chi connectivity index (χ3n) is 3.50. The van der Waals surface area contributed by atoms with Gasteiger partial charge in [0, 0.05) is 5.56 Å². The fraction of sp³-hybridized carbons (Fsp3) is 0.263. The van der Waals surface area contributed by atoms with Crippen LogP contribution >= 0.6 is 0 Å². The quantitative estimate of drug-likeness (QED) is 0.771. The van der Waals surface area contributed by atoms with Gasteiger partial charge < -0.3 is 20.5 Å². The Morgan fingerprint density at radius 1 is 1.00 bits per heavy atom. The van der Waals surface area contributed by atoms with E-state index in [0.717, 1.165) is 0 Å². The zero-order valence-corrected chi connectivity index (χ0v) is 14.3. The summed E-state index contributed by atoms with van der Waals surface area (Å²) in [7, 11) is 0. The van der Waals surface area contributed by atoms with E-state index in [-0.39, 0.29) is 0 Å². The van der Waals surface area contributed by atoms with E-state index < -0.39 is 17.9 Å². The molecular weight excluding hydrogens is 320 g/mol. The van der Waals surface area contributed by atoms with Gasteiger partial charge in [-0.3, -0.25) is 9.59 Å². The second-order valence-corrected chi connectivity index (χ2v) is 5.25. The molecule has 2 rings (SSSR count). The molecule has 2 amide bonds. The van der Waals surface area contributed by atoms with Crippen LogP contribution in [0.2, 0.25) is 0 Å². The van der Waals surface area contributed by atoms with Crippen LogP contribution in [0.3, 0.4) is 0 Å². The van der Waals surface area contributed by atoms with Crippen LogP contribution in [-0.4, -0.2) is 25.0 Å². The summed E-state index contributed by atoms with van der Waals surface area (Å²) in [5, 5.41) is 2.66. The molecule has 0 aliphatic heterocycles. The van der Waals surface area contributed by atoms with E-state index in [1.165, 1.54) is 0 Å². The van der Waals surface area contributed by atoms with Gasteiger partial charge in [0.1, 0.15) is 6.04 Å². The molecule has 0 spiro atoms. The summed E-state index contributed by atoms with van der Waals surface area (Å²) < 4.78 is 11.0. The molecule has 0 fully saturated rings. The fourth-order valence-electron chi connectivity index (χ4n) is 2.37. The Balaban J connectivity index is 2.24. The van der Waals surface area contributed by atoms with Crippen LogP contribution in [0.25, 0.3) is 0 Å². The normalized spacial score (nSPS) is 11.4. The zero-order chi connectivity index (χ0) is 18.2. The first-order valence-electron chi connectivity index (χ1n) is 8.11. The van der Waals surface area contributed by atoms with Crippen LogP contribution in [0, 0.1) is 0 Å². The Kier molecular flexibility index (Phi) is 6.39. The average Bonchev–Trinajstić information content (AvgIpc) is 2.61. The summed E-state index contributed by atoms with van der Waals surface area (Å²) >= 11 is 0. The first-order valence-corrected chi connectivity index (χ1v) is 8.11. The molecule has 0 saturated heterocycles. The van der Waals surface area contributed by atoms with Crippen molar-refractivity contribution >= 4 is 11.8 Å². The van der Waals surface area contributed by atoms with Crippen molar-refractivity contribution in [1.82, 2.24) is 5.32 Å². The van der Waals surface area contributed by atoms with Crippen molar-refractivity contribution in [3.63, 3.8) is 0 Å². The number of nitrogens with one attached hydrogen (secondary N) is 1. The van der Waals surface area contributed by atoms with Crippen molar-refractivity contribution in [1.29, 1.82) is 0 Å². The minimum Gasteiger partial charge on any atom is -0.490 e. The van der Waals surface area contributed by atoms with Crippen molar-refractivity contribution in [2.45, 2.75) is 19.9 Å². The number of ether oxygens (including phenoxy) is 2. The number of nitrogens with two attached hydrogens (primary N) is 1. The Morgan fingerprint density at radius 3 is 2.24 bits per heavy atom. The average molecular weight is 342 g/mol. The molecule has 25 heavy (non-hydrogen) atoms. The molecule has 0 aromatic heterocycles. The van der Waals surface area contributed by atoms with Gasteiger partial charge in [-0.2, -0.15) is 0 Å². The lowest BCUT2D eigenvalue weighted by molar-refractivity contribution is -0.120. The first kappa shape index (κ1) is 18.3. The predicted molar refractivity (Wildman–Crippen MR) is 94.6 cm³/mol. The largest absolute Gasteiger partial charge is 0.490 e. The highest BCUT2D eigenvalue weighted by molar-refractivity contribution is 5.98. The molecule has 0 aliphatic carbocycles. The van der Waals surface area contributed by atoms with Crippen molar-refractivity contribution < 1.29 is 19.1 Å². The van der Waals surface area contributed by atoms with E-state index in [0.29, 0.717) is 35.8 Å². The third-order valence-corrected chi connectivity index (χ3v) is 3.50. The van der Waals surface area contributed by atoms with Gasteiger partial charge in [0.2, 0.25) is 5.91 Å². The van der Waals surface area contributed by atoms with E-state index in [4.69, 9.17) is 15.2 Å². The number of carbonyl (C=O) groups excluding carboxylic acids is 2. The number of carbonyl (C=O) groups is 2. The molecule has 0 heterocycles. The topological polar surface area (TPSA) is 90.6 Å². The van der Waals surface area contributed by atoms with E-state index >= 15 is 0 Å². The molecule has 1 atom stereocenters. The molecule has 3 N–H and O–H groups in total. The van der Waals surface area contributed by atoms with Gasteiger partial charge >= 0.3 is 0 Å². The van der Waals surface area contributed by atoms with Crippen LogP contribution in [0.4, 0.5) is 0 Å². The van der Waals surface area contributed by atoms with Crippen LogP contribution < -0.4 is 20.5 Å². The first-order chi connectivity index (χ1) is 12.1. The summed E-state index contributed by atoms with van der Waals surface area (Å²) in [5.74, 6) is -0.00470. The number of hydrogen-bond acceptors (Lipinski definition) is 4. The van der Waals surface area contributed by atoms with E-state index in [2.05, 4.69) is 5.32 Å². The van der Waals surface area contributed by atoms with Crippen LogP contribution in [0.5, 0.6) is 11.5 Å². The van der Waals surface area contributed by atoms with Crippen molar-refractivity contribution in [2.75, 3.05) is 13.2 Å². The Bertz CT molecular complexity index is 731. The van der Waals surface area contributed by atoms with Gasteiger partial charge in [-0.25, -0.2) is 0 Å². The highest BCUT2D eigenvalue weighted by Gasteiger charge is 2.21. The molecule has 6 nitrogen and oxygen atoms in total. The van der Waals surface area contributed by atoms with Crippen molar-refractivity contribution in [2.24, 2.45) is 5.73 Å². The summed E-state index contributed by atoms with van der Waals surface area (Å²) in [4.78, 5) is 24.3. The van der Waals surface area contributed by atoms with Gasteiger partial charge in [-0.15, -0.1) is 0 Å². The van der Waals surface area contributed by atoms with Crippen molar-refractivity contribution in [3.05, 3.63) is 59.7 Å². The molecule has 0 aliphatic rings. The summed E-state index contributed by atoms with van der Waals surface area (Å²) in [6.45, 7) is 4.65. The highest BCUT2D eigenvalue weighted by Crippen LogP contribution is 2.28. The number of hydrogen-bond donors (Lipinski definition) is 2. The zero-order valence-electron chi connectivity index (χ0n) is 14.3. The Hall–Kier alpha value is -3.02. The Morgan fingerprint density at radius 2 is 1.64 bits per heavy atom. The van der Waals surface area contributed by atoms with Gasteiger partial charge in [0.25, 0.3) is 5.91 Å². The maximum absolute atomic E-state index is 12.5. The second kappa shape index (κ2) is 8.73. The third kappa shape index (κ3) is 4.73. The number of primary amides is 1. The molecule has 2 aromatic rings. The Labute approximate surface area is 146 Å². The molecule has 0 bridgehead atoms. The lowest BCUT2D eigenvalue weighted by Crippen LogP contribution is -2.37. The number of rotatable bonds is 8. The molecule has 132 valence electrons.